The highest BCUT2D eigenvalue weighted by molar-refractivity contribution is 7.49. The second-order valence-corrected chi connectivity index (χ2v) is 9.23. The van der Waals surface area contributed by atoms with Gasteiger partial charge < -0.3 is 25.0 Å². The molecule has 31 heavy (non-hydrogen) atoms. The first-order chi connectivity index (χ1) is 14.7. The van der Waals surface area contributed by atoms with Gasteiger partial charge in [-0.1, -0.05) is 31.7 Å². The molecular formula is C20H25FN3O6P. The van der Waals surface area contributed by atoms with Crippen molar-refractivity contribution in [2.75, 3.05) is 6.61 Å². The van der Waals surface area contributed by atoms with Crippen LogP contribution in [0.1, 0.15) is 24.5 Å². The number of phosphoric ester groups is 1. The van der Waals surface area contributed by atoms with Gasteiger partial charge in [-0.25, -0.2) is 13.9 Å². The van der Waals surface area contributed by atoms with E-state index in [-0.39, 0.29) is 24.7 Å². The van der Waals surface area contributed by atoms with Gasteiger partial charge in [0.1, 0.15) is 29.1 Å². The van der Waals surface area contributed by atoms with E-state index in [2.05, 4.69) is 11.6 Å². The number of alkyl halides is 1. The van der Waals surface area contributed by atoms with Crippen LogP contribution in [0.5, 0.6) is 5.75 Å². The lowest BCUT2D eigenvalue weighted by atomic mass is 9.94. The number of phosphoric acid groups is 1. The minimum Gasteiger partial charge on any atom is -0.403 e. The van der Waals surface area contributed by atoms with Crippen molar-refractivity contribution in [3.8, 4) is 5.75 Å². The van der Waals surface area contributed by atoms with Gasteiger partial charge >= 0.3 is 7.82 Å². The van der Waals surface area contributed by atoms with Gasteiger partial charge in [0, 0.05) is 11.8 Å². The highest BCUT2D eigenvalue weighted by Crippen LogP contribution is 2.56. The van der Waals surface area contributed by atoms with Crippen molar-refractivity contribution in [3.63, 3.8) is 0 Å². The smallest absolute Gasteiger partial charge is 0.403 e. The number of benzene rings is 1. The molecule has 3 N–H and O–H groups in total. The van der Waals surface area contributed by atoms with Crippen LogP contribution >= 0.6 is 7.82 Å². The normalized spacial score (nSPS) is 35.0. The fraction of sp³-hybridized carbons (Fsp3) is 0.450. The van der Waals surface area contributed by atoms with Gasteiger partial charge in [0.05, 0.1) is 13.2 Å². The van der Waals surface area contributed by atoms with Crippen molar-refractivity contribution in [3.05, 3.63) is 54.0 Å². The van der Waals surface area contributed by atoms with Crippen LogP contribution in [0.25, 0.3) is 0 Å². The Balaban J connectivity index is 1.51. The Morgan fingerprint density at radius 2 is 2.29 bits per heavy atom. The van der Waals surface area contributed by atoms with E-state index in [0.717, 1.165) is 11.1 Å². The third-order valence-corrected chi connectivity index (χ3v) is 6.94. The molecule has 0 radical (unpaired) electrons. The molecule has 1 saturated heterocycles. The Hall–Kier alpha value is -2.23. The molecule has 0 spiro atoms. The van der Waals surface area contributed by atoms with Crippen LogP contribution in [0, 0.1) is 6.92 Å². The van der Waals surface area contributed by atoms with E-state index in [9.17, 15) is 9.67 Å². The molecule has 9 nitrogen and oxygen atoms in total. The number of ether oxygens (including phenoxy) is 1. The molecule has 3 aliphatic rings. The zero-order valence-corrected chi connectivity index (χ0v) is 18.1. The van der Waals surface area contributed by atoms with Gasteiger partial charge in [-0.2, -0.15) is 0 Å². The third-order valence-electron chi connectivity index (χ3n) is 5.64. The molecular weight excluding hydrogens is 428 g/mol. The van der Waals surface area contributed by atoms with Gasteiger partial charge in [-0.3, -0.25) is 9.05 Å². The standard InChI is InChI=1S/C20H25FN3O6P/c1-4-20(11-28-31(26)27-10-14-7-5-6-12(2)17(14)30-31)18(25)16(21)19(29-20)24-9-8-15(22)23-13(24)3/h5-9,16,18-19,25H,3-4,10-11H2,1-2H3,(H2,22,23)/t16-,18+,19-,20-,31?/m1/s1. The maximum Gasteiger partial charge on any atom is 0.530 e. The number of aryl methyl sites for hydroxylation is 1. The summed E-state index contributed by atoms with van der Waals surface area (Å²) in [5.74, 6) is 0.828. The number of amidine groups is 1. The van der Waals surface area contributed by atoms with E-state index in [1.807, 2.05) is 19.1 Å². The number of para-hydroxylation sites is 1. The van der Waals surface area contributed by atoms with Crippen LogP contribution in [0.3, 0.4) is 0 Å². The van der Waals surface area contributed by atoms with E-state index in [1.54, 1.807) is 13.0 Å². The maximum absolute atomic E-state index is 15.1. The molecule has 3 heterocycles. The summed E-state index contributed by atoms with van der Waals surface area (Å²) in [5.41, 5.74) is 5.67. The second-order valence-electron chi connectivity index (χ2n) is 7.64. The highest BCUT2D eigenvalue weighted by atomic mass is 31.2. The molecule has 3 aliphatic heterocycles. The lowest BCUT2D eigenvalue weighted by Gasteiger charge is -2.34. The number of hydrogen-bond acceptors (Lipinski definition) is 9. The number of aliphatic imine (C=N–C) groups is 1. The van der Waals surface area contributed by atoms with Crippen LogP contribution in [0.15, 0.2) is 47.9 Å². The molecule has 0 aromatic heterocycles. The Bertz CT molecular complexity index is 1000. The molecule has 5 atom stereocenters. The van der Waals surface area contributed by atoms with E-state index >= 15 is 4.39 Å². The molecule has 11 heteroatoms. The molecule has 0 saturated carbocycles. The minimum atomic E-state index is -4.00. The maximum atomic E-state index is 15.1. The van der Waals surface area contributed by atoms with Crippen molar-refractivity contribution < 1.29 is 32.4 Å². The summed E-state index contributed by atoms with van der Waals surface area (Å²) >= 11 is 0. The Kier molecular flexibility index (Phi) is 5.70. The minimum absolute atomic E-state index is 0.0447. The summed E-state index contributed by atoms with van der Waals surface area (Å²) < 4.78 is 50.4. The summed E-state index contributed by atoms with van der Waals surface area (Å²) in [5, 5.41) is 10.7. The van der Waals surface area contributed by atoms with Crippen molar-refractivity contribution in [2.24, 2.45) is 10.7 Å². The number of aliphatic hydroxyl groups is 1. The van der Waals surface area contributed by atoms with E-state index in [4.69, 9.17) is 24.0 Å². The van der Waals surface area contributed by atoms with Crippen LogP contribution in [-0.2, 0) is 25.0 Å². The van der Waals surface area contributed by atoms with Gasteiger partial charge in [0.15, 0.2) is 12.4 Å². The SMILES string of the molecule is C=C1N=C(N)C=CN1[C@@H]1O[C@](CC)(COP2(=O)OCc3cccc(C)c3O2)[C@@H](O)[C@H]1F. The number of rotatable bonds is 5. The number of aliphatic hydroxyl groups excluding tert-OH is 1. The zero-order chi connectivity index (χ0) is 22.4. The van der Waals surface area contributed by atoms with Gasteiger partial charge in [0.2, 0.25) is 0 Å². The van der Waals surface area contributed by atoms with E-state index in [0.29, 0.717) is 5.75 Å². The Morgan fingerprint density at radius 3 is 3.00 bits per heavy atom. The zero-order valence-electron chi connectivity index (χ0n) is 17.2. The molecule has 1 aromatic rings. The lowest BCUT2D eigenvalue weighted by Crippen LogP contribution is -2.45. The monoisotopic (exact) mass is 453 g/mol. The average Bonchev–Trinajstić information content (AvgIpc) is 2.99. The highest BCUT2D eigenvalue weighted by Gasteiger charge is 2.57. The molecule has 1 aromatic carbocycles. The number of nitrogens with two attached hydrogens (primary N) is 1. The van der Waals surface area contributed by atoms with Crippen LogP contribution in [-0.4, -0.2) is 46.6 Å². The number of fused-ring (bicyclic) bond motifs is 1. The second kappa shape index (κ2) is 8.03. The molecule has 0 amide bonds. The molecule has 168 valence electrons. The summed E-state index contributed by atoms with van der Waals surface area (Å²) in [6, 6.07) is 5.46. The van der Waals surface area contributed by atoms with Crippen LogP contribution in [0.2, 0.25) is 0 Å². The number of halogens is 1. The number of hydrogen-bond donors (Lipinski definition) is 2. The van der Waals surface area contributed by atoms with Crippen LogP contribution in [0.4, 0.5) is 4.39 Å². The molecule has 1 unspecified atom stereocenters. The number of nitrogens with zero attached hydrogens (tertiary/aromatic N) is 2. The van der Waals surface area contributed by atoms with Crippen molar-refractivity contribution in [2.45, 2.75) is 51.0 Å². The van der Waals surface area contributed by atoms with Crippen molar-refractivity contribution in [1.29, 1.82) is 0 Å². The first kappa shape index (κ1) is 22.0. The van der Waals surface area contributed by atoms with Crippen LogP contribution < -0.4 is 10.3 Å². The molecule has 0 bridgehead atoms. The summed E-state index contributed by atoms with van der Waals surface area (Å²) in [7, 11) is -4.00. The molecule has 4 rings (SSSR count). The quantitative estimate of drug-likeness (QED) is 0.654. The van der Waals surface area contributed by atoms with Crippen molar-refractivity contribution >= 4 is 13.7 Å². The third kappa shape index (κ3) is 3.90. The summed E-state index contributed by atoms with van der Waals surface area (Å²) in [4.78, 5) is 5.34. The van der Waals surface area contributed by atoms with E-state index in [1.165, 1.54) is 17.2 Å². The predicted molar refractivity (Wildman–Crippen MR) is 111 cm³/mol. The largest absolute Gasteiger partial charge is 0.530 e. The fourth-order valence-electron chi connectivity index (χ4n) is 3.76. The lowest BCUT2D eigenvalue weighted by molar-refractivity contribution is -0.134. The summed E-state index contributed by atoms with van der Waals surface area (Å²) in [6.45, 7) is 6.91. The van der Waals surface area contributed by atoms with E-state index < -0.39 is 38.5 Å². The van der Waals surface area contributed by atoms with Gasteiger partial charge in [-0.15, -0.1) is 0 Å². The van der Waals surface area contributed by atoms with Gasteiger partial charge in [-0.05, 0) is 25.0 Å². The Labute approximate surface area is 179 Å². The first-order valence-electron chi connectivity index (χ1n) is 9.85. The first-order valence-corrected chi connectivity index (χ1v) is 11.3. The molecule has 1 fully saturated rings. The summed E-state index contributed by atoms with van der Waals surface area (Å²) in [6.07, 6.45) is -1.45. The average molecular weight is 453 g/mol. The van der Waals surface area contributed by atoms with Crippen molar-refractivity contribution in [1.82, 2.24) is 4.90 Å². The fourth-order valence-corrected chi connectivity index (χ4v) is 5.10. The molecule has 0 aliphatic carbocycles. The predicted octanol–water partition coefficient (Wildman–Crippen LogP) is 2.89. The van der Waals surface area contributed by atoms with Gasteiger partial charge in [0.25, 0.3) is 0 Å². The topological polar surface area (TPSA) is 116 Å². The Morgan fingerprint density at radius 1 is 1.52 bits per heavy atom.